The standard InChI is InChI=1S/C38H46N4O3/c1-45-35(43)32-22-28-27-15-9-10-16-31(27)39-33(28)34(40-32)29-24-38(44)18-11-5-2-3-6-12-19-41-21-17-30(29)37(25-41)23-26-14-8-4-7-13-20-42(26)36(37)38/h2,5,8-10,14-16,22,24,26,30,36,39,44H,3-4,6-7,11-13,17-21,23,25H2,1H3/b5-2-,14-8-/t26-,30?,36+,37-,38-/m0/s1. The van der Waals surface area contributed by atoms with E-state index in [9.17, 15) is 9.90 Å². The van der Waals surface area contributed by atoms with Crippen LogP contribution in [0.1, 0.15) is 80.4 Å². The molecule has 6 heterocycles. The maximum atomic E-state index is 13.2. The van der Waals surface area contributed by atoms with E-state index in [2.05, 4.69) is 57.3 Å². The van der Waals surface area contributed by atoms with Crippen LogP contribution < -0.4 is 0 Å². The number of piperidine rings is 1. The van der Waals surface area contributed by atoms with Crippen molar-refractivity contribution in [2.75, 3.05) is 33.3 Å². The van der Waals surface area contributed by atoms with Crippen molar-refractivity contribution >= 4 is 33.3 Å². The molecule has 2 unspecified atom stereocenters. The van der Waals surface area contributed by atoms with Crippen LogP contribution in [0.3, 0.4) is 0 Å². The van der Waals surface area contributed by atoms with Gasteiger partial charge in [0.15, 0.2) is 0 Å². The number of rotatable bonds is 2. The molecule has 1 aromatic carbocycles. The maximum absolute atomic E-state index is 13.2. The summed E-state index contributed by atoms with van der Waals surface area (Å²) in [6.07, 6.45) is 22.3. The van der Waals surface area contributed by atoms with Crippen molar-refractivity contribution in [2.24, 2.45) is 11.3 Å². The van der Waals surface area contributed by atoms with Crippen LogP contribution in [0.15, 0.2) is 60.7 Å². The molecule has 6 atom stereocenters. The number of nitrogens with zero attached hydrogens (tertiary/aromatic N) is 3. The second-order valence-corrected chi connectivity index (χ2v) is 14.2. The molecule has 2 aromatic heterocycles. The molecule has 3 aromatic rings. The van der Waals surface area contributed by atoms with Gasteiger partial charge in [0.1, 0.15) is 5.69 Å². The molecule has 2 fully saturated rings. The van der Waals surface area contributed by atoms with Crippen molar-refractivity contribution in [3.8, 4) is 0 Å². The van der Waals surface area contributed by atoms with Gasteiger partial charge in [-0.3, -0.25) is 4.90 Å². The van der Waals surface area contributed by atoms with Gasteiger partial charge in [-0.25, -0.2) is 9.78 Å². The SMILES string of the molecule is COC(=O)c1cc2c([nH]c3ccccc32)c(C2=C[C@@]3(O)CC/C=C\CCCCN4CCC2[C@]2(C[C@@H]5/C=C\CCCCN5[C@H]23)C4)n1. The van der Waals surface area contributed by atoms with Gasteiger partial charge in [0.2, 0.25) is 0 Å². The molecule has 8 rings (SSSR count). The number of esters is 1. The molecule has 236 valence electrons. The van der Waals surface area contributed by atoms with Crippen molar-refractivity contribution in [1.82, 2.24) is 19.8 Å². The zero-order valence-corrected chi connectivity index (χ0v) is 26.5. The summed E-state index contributed by atoms with van der Waals surface area (Å²) in [6.45, 7) is 4.16. The normalized spacial score (nSPS) is 35.2. The van der Waals surface area contributed by atoms with Gasteiger partial charge in [0.25, 0.3) is 0 Å². The van der Waals surface area contributed by atoms with Crippen LogP contribution in [0, 0.1) is 11.3 Å². The Morgan fingerprint density at radius 1 is 1.02 bits per heavy atom. The number of allylic oxidation sites excluding steroid dienone is 4. The van der Waals surface area contributed by atoms with Gasteiger partial charge in [-0.2, -0.15) is 0 Å². The van der Waals surface area contributed by atoms with Crippen LogP contribution in [0.5, 0.6) is 0 Å². The van der Waals surface area contributed by atoms with E-state index in [4.69, 9.17) is 9.72 Å². The average molecular weight is 607 g/mol. The number of carbonyl (C=O) groups excluding carboxylic acids is 1. The number of carbonyl (C=O) groups is 1. The van der Waals surface area contributed by atoms with Crippen molar-refractivity contribution in [1.29, 1.82) is 0 Å². The van der Waals surface area contributed by atoms with E-state index in [0.717, 1.165) is 97.8 Å². The van der Waals surface area contributed by atoms with Crippen LogP contribution >= 0.6 is 0 Å². The largest absolute Gasteiger partial charge is 0.464 e. The van der Waals surface area contributed by atoms with Crippen LogP contribution in [0.2, 0.25) is 0 Å². The van der Waals surface area contributed by atoms with Crippen molar-refractivity contribution in [2.45, 2.75) is 81.9 Å². The number of para-hydroxylation sites is 1. The third kappa shape index (κ3) is 4.81. The number of methoxy groups -OCH3 is 1. The molecule has 7 nitrogen and oxygen atoms in total. The van der Waals surface area contributed by atoms with E-state index in [1.54, 1.807) is 0 Å². The van der Waals surface area contributed by atoms with Gasteiger partial charge in [-0.1, -0.05) is 42.5 Å². The summed E-state index contributed by atoms with van der Waals surface area (Å²) in [5, 5.41) is 15.2. The molecule has 45 heavy (non-hydrogen) atoms. The van der Waals surface area contributed by atoms with Crippen molar-refractivity contribution in [3.63, 3.8) is 0 Å². The number of H-pyrrole nitrogens is 1. The van der Waals surface area contributed by atoms with E-state index in [0.29, 0.717) is 18.2 Å². The van der Waals surface area contributed by atoms with Gasteiger partial charge >= 0.3 is 5.97 Å². The highest BCUT2D eigenvalue weighted by Crippen LogP contribution is 2.61. The number of pyridine rings is 1. The minimum atomic E-state index is -1.03. The molecular formula is C38H46N4O3. The summed E-state index contributed by atoms with van der Waals surface area (Å²) in [5.41, 5.74) is 3.02. The summed E-state index contributed by atoms with van der Waals surface area (Å²) in [5.74, 6) is -0.215. The Kier molecular flexibility index (Phi) is 7.46. The third-order valence-corrected chi connectivity index (χ3v) is 11.6. The molecule has 2 saturated heterocycles. The Labute approximate surface area is 266 Å². The number of aromatic nitrogens is 2. The molecule has 0 radical (unpaired) electrons. The molecule has 5 aliphatic rings. The first-order valence-corrected chi connectivity index (χ1v) is 17.3. The Hall–Kier alpha value is -3.26. The Morgan fingerprint density at radius 2 is 1.84 bits per heavy atom. The van der Waals surface area contributed by atoms with Crippen molar-refractivity contribution < 1.29 is 14.6 Å². The second kappa shape index (κ2) is 11.5. The quantitative estimate of drug-likeness (QED) is 0.251. The van der Waals surface area contributed by atoms with Crippen LogP contribution in [0.4, 0.5) is 0 Å². The number of fused-ring (bicyclic) bond motifs is 5. The molecule has 7 heteroatoms. The minimum Gasteiger partial charge on any atom is -0.464 e. The highest BCUT2D eigenvalue weighted by atomic mass is 16.5. The predicted molar refractivity (Wildman–Crippen MR) is 179 cm³/mol. The summed E-state index contributed by atoms with van der Waals surface area (Å²) in [4.78, 5) is 27.3. The first-order valence-electron chi connectivity index (χ1n) is 17.3. The van der Waals surface area contributed by atoms with Gasteiger partial charge in [0, 0.05) is 34.3 Å². The molecule has 4 aliphatic heterocycles. The Bertz CT molecular complexity index is 1710. The monoisotopic (exact) mass is 606 g/mol. The molecule has 3 bridgehead atoms. The van der Waals surface area contributed by atoms with Gasteiger partial charge in [-0.15, -0.1) is 0 Å². The maximum Gasteiger partial charge on any atom is 0.356 e. The molecule has 2 N–H and O–H groups in total. The molecule has 0 saturated carbocycles. The van der Waals surface area contributed by atoms with Crippen LogP contribution in [-0.4, -0.2) is 81.8 Å². The lowest BCUT2D eigenvalue weighted by atomic mass is 9.54. The lowest BCUT2D eigenvalue weighted by Gasteiger charge is -2.58. The predicted octanol–water partition coefficient (Wildman–Crippen LogP) is 6.64. The summed E-state index contributed by atoms with van der Waals surface area (Å²) < 4.78 is 5.22. The highest BCUT2D eigenvalue weighted by Gasteiger charge is 2.65. The lowest BCUT2D eigenvalue weighted by Crippen LogP contribution is -2.65. The number of ether oxygens (including phenoxy) is 1. The topological polar surface area (TPSA) is 81.7 Å². The van der Waals surface area contributed by atoms with Gasteiger partial charge < -0.3 is 19.7 Å². The molecule has 0 amide bonds. The number of hydrogen-bond donors (Lipinski definition) is 2. The fraction of sp³-hybridized carbons (Fsp3) is 0.526. The number of hydrogen-bond acceptors (Lipinski definition) is 6. The van der Waals surface area contributed by atoms with E-state index >= 15 is 0 Å². The van der Waals surface area contributed by atoms with Gasteiger partial charge in [0.05, 0.1) is 30.0 Å². The zero-order valence-electron chi connectivity index (χ0n) is 26.5. The first kappa shape index (κ1) is 29.2. The minimum absolute atomic E-state index is 0.0328. The third-order valence-electron chi connectivity index (χ3n) is 11.6. The van der Waals surface area contributed by atoms with Crippen LogP contribution in [0.25, 0.3) is 27.4 Å². The second-order valence-electron chi connectivity index (χ2n) is 14.2. The number of aromatic amines is 1. The molecular weight excluding hydrogens is 560 g/mol. The molecule has 1 aliphatic carbocycles. The van der Waals surface area contributed by atoms with E-state index in [-0.39, 0.29) is 17.4 Å². The number of aliphatic hydroxyl groups is 1. The Balaban J connectivity index is 1.38. The smallest absolute Gasteiger partial charge is 0.356 e. The lowest BCUT2D eigenvalue weighted by molar-refractivity contribution is -0.0894. The number of benzene rings is 1. The van der Waals surface area contributed by atoms with E-state index in [1.165, 1.54) is 26.4 Å². The highest BCUT2D eigenvalue weighted by molar-refractivity contribution is 6.11. The molecule has 1 spiro atoms. The fourth-order valence-electron chi connectivity index (χ4n) is 9.86. The van der Waals surface area contributed by atoms with Gasteiger partial charge in [-0.05, 0) is 114 Å². The van der Waals surface area contributed by atoms with Crippen molar-refractivity contribution in [3.05, 3.63) is 72.1 Å². The summed E-state index contributed by atoms with van der Waals surface area (Å²) >= 11 is 0. The summed E-state index contributed by atoms with van der Waals surface area (Å²) in [6, 6.07) is 10.5. The van der Waals surface area contributed by atoms with E-state index < -0.39 is 11.6 Å². The number of nitrogens with one attached hydrogen (secondary N) is 1. The van der Waals surface area contributed by atoms with E-state index in [1.807, 2.05) is 18.2 Å². The average Bonchev–Trinajstić information content (AvgIpc) is 3.56. The first-order chi connectivity index (χ1) is 22.0. The summed E-state index contributed by atoms with van der Waals surface area (Å²) in [7, 11) is 1.42. The zero-order chi connectivity index (χ0) is 30.6. The fourth-order valence-corrected chi connectivity index (χ4v) is 9.86. The Morgan fingerprint density at radius 3 is 2.73 bits per heavy atom. The van der Waals surface area contributed by atoms with Crippen LogP contribution in [-0.2, 0) is 4.74 Å².